The van der Waals surface area contributed by atoms with E-state index in [1.165, 1.54) is 0 Å². The van der Waals surface area contributed by atoms with E-state index in [0.29, 0.717) is 6.54 Å². The molecule has 1 saturated heterocycles. The molecule has 1 aliphatic heterocycles. The van der Waals surface area contributed by atoms with Gasteiger partial charge in [-0.25, -0.2) is 4.79 Å². The van der Waals surface area contributed by atoms with Gasteiger partial charge in [-0.3, -0.25) is 0 Å². The molecule has 0 aromatic carbocycles. The first-order valence-electron chi connectivity index (χ1n) is 7.41. The molecule has 0 aromatic rings. The van der Waals surface area contributed by atoms with Crippen LogP contribution in [0.15, 0.2) is 0 Å². The van der Waals surface area contributed by atoms with Crippen LogP contribution in [0.5, 0.6) is 0 Å². The fraction of sp³-hybridized carbons (Fsp3) is 0.933. The highest BCUT2D eigenvalue weighted by atomic mass is 16.5. The van der Waals surface area contributed by atoms with Crippen molar-refractivity contribution in [2.24, 2.45) is 0 Å². The number of carbonyl (C=O) groups excluding carboxylic acids is 1. The van der Waals surface area contributed by atoms with Crippen LogP contribution >= 0.6 is 0 Å². The van der Waals surface area contributed by atoms with Crippen LogP contribution in [0.1, 0.15) is 53.9 Å². The summed E-state index contributed by atoms with van der Waals surface area (Å²) in [5, 5.41) is 13.2. The lowest BCUT2D eigenvalue weighted by molar-refractivity contribution is 0.00316. The highest BCUT2D eigenvalue weighted by Crippen LogP contribution is 2.27. The maximum atomic E-state index is 12.3. The second-order valence-corrected chi connectivity index (χ2v) is 7.02. The summed E-state index contributed by atoms with van der Waals surface area (Å²) in [4.78, 5) is 14.1. The molecule has 5 nitrogen and oxygen atoms in total. The first-order valence-corrected chi connectivity index (χ1v) is 7.41. The average molecular weight is 286 g/mol. The molecule has 0 aliphatic carbocycles. The minimum absolute atomic E-state index is 0.0282. The van der Waals surface area contributed by atoms with Gasteiger partial charge in [-0.1, -0.05) is 0 Å². The third-order valence-corrected chi connectivity index (χ3v) is 4.05. The lowest BCUT2D eigenvalue weighted by Gasteiger charge is -2.35. The maximum absolute atomic E-state index is 12.3. The molecule has 1 fully saturated rings. The van der Waals surface area contributed by atoms with E-state index in [0.717, 1.165) is 19.3 Å². The van der Waals surface area contributed by atoms with E-state index in [1.807, 2.05) is 20.8 Å². The normalized spacial score (nSPS) is 21.9. The highest BCUT2D eigenvalue weighted by molar-refractivity contribution is 5.75. The smallest absolute Gasteiger partial charge is 0.317 e. The molecule has 5 heteroatoms. The van der Waals surface area contributed by atoms with Crippen molar-refractivity contribution in [1.82, 2.24) is 10.2 Å². The van der Waals surface area contributed by atoms with Crippen molar-refractivity contribution in [3.05, 3.63) is 0 Å². The van der Waals surface area contributed by atoms with Crippen molar-refractivity contribution >= 4 is 6.03 Å². The zero-order chi connectivity index (χ0) is 15.6. The van der Waals surface area contributed by atoms with Crippen molar-refractivity contribution in [3.63, 3.8) is 0 Å². The monoisotopic (exact) mass is 286 g/mol. The van der Waals surface area contributed by atoms with Gasteiger partial charge in [0.15, 0.2) is 0 Å². The van der Waals surface area contributed by atoms with Gasteiger partial charge in [0, 0.05) is 19.7 Å². The molecule has 0 bridgehead atoms. The van der Waals surface area contributed by atoms with Crippen LogP contribution in [0.2, 0.25) is 0 Å². The topological polar surface area (TPSA) is 61.8 Å². The van der Waals surface area contributed by atoms with E-state index in [-0.39, 0.29) is 23.7 Å². The summed E-state index contributed by atoms with van der Waals surface area (Å²) in [5.41, 5.74) is -1.11. The molecule has 1 rings (SSSR count). The third kappa shape index (κ3) is 4.63. The Morgan fingerprint density at radius 2 is 2.05 bits per heavy atom. The molecule has 0 saturated carbocycles. The Morgan fingerprint density at radius 1 is 1.45 bits per heavy atom. The zero-order valence-electron chi connectivity index (χ0n) is 13.7. The van der Waals surface area contributed by atoms with Crippen LogP contribution in [0.25, 0.3) is 0 Å². The van der Waals surface area contributed by atoms with E-state index in [9.17, 15) is 9.90 Å². The molecule has 2 atom stereocenters. The molecule has 1 heterocycles. The van der Waals surface area contributed by atoms with Crippen LogP contribution < -0.4 is 5.32 Å². The first kappa shape index (κ1) is 17.2. The number of methoxy groups -OCH3 is 1. The van der Waals surface area contributed by atoms with E-state index in [2.05, 4.69) is 5.32 Å². The number of carbonyl (C=O) groups is 1. The fourth-order valence-electron chi connectivity index (χ4n) is 2.91. The van der Waals surface area contributed by atoms with Crippen LogP contribution in [0, 0.1) is 0 Å². The predicted octanol–water partition coefficient (Wildman–Crippen LogP) is 2.13. The van der Waals surface area contributed by atoms with Crippen molar-refractivity contribution < 1.29 is 14.6 Å². The molecule has 20 heavy (non-hydrogen) atoms. The van der Waals surface area contributed by atoms with Crippen LogP contribution in [-0.2, 0) is 4.74 Å². The number of amides is 2. The number of hydrogen-bond acceptors (Lipinski definition) is 3. The Kier molecular flexibility index (Phi) is 5.44. The third-order valence-electron chi connectivity index (χ3n) is 4.05. The summed E-state index contributed by atoms with van der Waals surface area (Å²) in [7, 11) is 1.68. The van der Waals surface area contributed by atoms with Gasteiger partial charge < -0.3 is 20.1 Å². The molecule has 2 amide bonds. The summed E-state index contributed by atoms with van der Waals surface area (Å²) >= 11 is 0. The Hall–Kier alpha value is -0.810. The van der Waals surface area contributed by atoms with E-state index >= 15 is 0 Å². The molecule has 118 valence electrons. The molecule has 2 N–H and O–H groups in total. The zero-order valence-corrected chi connectivity index (χ0v) is 13.7. The van der Waals surface area contributed by atoms with Crippen molar-refractivity contribution in [2.45, 2.75) is 77.2 Å². The van der Waals surface area contributed by atoms with Gasteiger partial charge >= 0.3 is 6.03 Å². The van der Waals surface area contributed by atoms with E-state index in [4.69, 9.17) is 4.74 Å². The Labute approximate surface area is 122 Å². The SMILES string of the molecule is COC(C)(C)C[C@@H](C)NC(=O)N1CCC[C@H]1C(C)(C)O. The summed E-state index contributed by atoms with van der Waals surface area (Å²) in [6.45, 7) is 10.2. The minimum atomic E-state index is -0.858. The quantitative estimate of drug-likeness (QED) is 0.814. The summed E-state index contributed by atoms with van der Waals surface area (Å²) in [6, 6.07) is -0.167. The van der Waals surface area contributed by atoms with Crippen LogP contribution in [0.3, 0.4) is 0 Å². The molecular formula is C15H30N2O3. The fourth-order valence-corrected chi connectivity index (χ4v) is 2.91. The largest absolute Gasteiger partial charge is 0.388 e. The second kappa shape index (κ2) is 6.31. The van der Waals surface area contributed by atoms with Gasteiger partial charge in [-0.15, -0.1) is 0 Å². The molecular weight excluding hydrogens is 256 g/mol. The molecule has 1 aliphatic rings. The summed E-state index contributed by atoms with van der Waals surface area (Å²) in [6.07, 6.45) is 2.55. The average Bonchev–Trinajstić information content (AvgIpc) is 2.76. The highest BCUT2D eigenvalue weighted by Gasteiger charge is 2.38. The minimum Gasteiger partial charge on any atom is -0.388 e. The van der Waals surface area contributed by atoms with E-state index in [1.54, 1.807) is 25.9 Å². The van der Waals surface area contributed by atoms with E-state index < -0.39 is 5.60 Å². The van der Waals surface area contributed by atoms with Gasteiger partial charge in [-0.05, 0) is 53.9 Å². The second-order valence-electron chi connectivity index (χ2n) is 7.02. The number of urea groups is 1. The predicted molar refractivity (Wildman–Crippen MR) is 79.7 cm³/mol. The van der Waals surface area contributed by atoms with Gasteiger partial charge in [0.2, 0.25) is 0 Å². The standard InChI is InChI=1S/C15H30N2O3/c1-11(10-14(2,3)20-6)16-13(18)17-9-7-8-12(17)15(4,5)19/h11-12,19H,7-10H2,1-6H3,(H,16,18)/t11-,12+/m1/s1. The number of nitrogens with one attached hydrogen (secondary N) is 1. The first-order chi connectivity index (χ1) is 9.07. The lowest BCUT2D eigenvalue weighted by atomic mass is 9.97. The van der Waals surface area contributed by atoms with Gasteiger partial charge in [-0.2, -0.15) is 0 Å². The number of rotatable bonds is 5. The Bertz CT molecular complexity index is 337. The van der Waals surface area contributed by atoms with Crippen LogP contribution in [-0.4, -0.2) is 53.0 Å². The van der Waals surface area contributed by atoms with Crippen LogP contribution in [0.4, 0.5) is 4.79 Å². The number of hydrogen-bond donors (Lipinski definition) is 2. The number of nitrogens with zero attached hydrogens (tertiary/aromatic N) is 1. The number of ether oxygens (including phenoxy) is 1. The summed E-state index contributed by atoms with van der Waals surface area (Å²) < 4.78 is 5.39. The Balaban J connectivity index is 2.58. The number of aliphatic hydroxyl groups is 1. The van der Waals surface area contributed by atoms with Gasteiger partial charge in [0.25, 0.3) is 0 Å². The van der Waals surface area contributed by atoms with Crippen molar-refractivity contribution in [3.8, 4) is 0 Å². The molecule has 0 unspecified atom stereocenters. The van der Waals surface area contributed by atoms with Crippen molar-refractivity contribution in [2.75, 3.05) is 13.7 Å². The molecule has 0 radical (unpaired) electrons. The van der Waals surface area contributed by atoms with Gasteiger partial charge in [0.1, 0.15) is 0 Å². The Morgan fingerprint density at radius 3 is 2.55 bits per heavy atom. The maximum Gasteiger partial charge on any atom is 0.317 e. The molecule has 0 spiro atoms. The lowest BCUT2D eigenvalue weighted by Crippen LogP contribution is -2.53. The van der Waals surface area contributed by atoms with Crippen molar-refractivity contribution in [1.29, 1.82) is 0 Å². The molecule has 0 aromatic heterocycles. The number of likely N-dealkylation sites (tertiary alicyclic amines) is 1. The summed E-state index contributed by atoms with van der Waals surface area (Å²) in [5.74, 6) is 0. The van der Waals surface area contributed by atoms with Gasteiger partial charge in [0.05, 0.1) is 17.2 Å².